The van der Waals surface area contributed by atoms with Gasteiger partial charge in [-0.2, -0.15) is 0 Å². The third kappa shape index (κ3) is 4.70. The molecule has 1 fully saturated rings. The quantitative estimate of drug-likeness (QED) is 0.562. The van der Waals surface area contributed by atoms with Gasteiger partial charge in [-0.1, -0.05) is 23.9 Å². The van der Waals surface area contributed by atoms with E-state index in [0.717, 1.165) is 11.1 Å². The summed E-state index contributed by atoms with van der Waals surface area (Å²) in [6.45, 7) is 3.99. The number of nitrogens with zero attached hydrogens (tertiary/aromatic N) is 2. The molecule has 0 bridgehead atoms. The number of benzene rings is 1. The summed E-state index contributed by atoms with van der Waals surface area (Å²) < 4.78 is 28.5. The van der Waals surface area contributed by atoms with Crippen molar-refractivity contribution in [3.8, 4) is 0 Å². The molecule has 1 aliphatic rings. The van der Waals surface area contributed by atoms with Gasteiger partial charge in [0.2, 0.25) is 5.89 Å². The van der Waals surface area contributed by atoms with Crippen LogP contribution in [0.25, 0.3) is 0 Å². The Balaban J connectivity index is 1.54. The molecule has 2 aromatic rings. The molecule has 8 heteroatoms. The van der Waals surface area contributed by atoms with Crippen LogP contribution in [0.5, 0.6) is 0 Å². The van der Waals surface area contributed by atoms with Crippen LogP contribution in [0, 0.1) is 19.8 Å². The number of Topliss-reactive ketones (excluding diaryl/α,β-unsaturated/α-hetero) is 1. The Morgan fingerprint density at radius 1 is 1.28 bits per heavy atom. The molecule has 3 rings (SSSR count). The third-order valence-corrected chi connectivity index (χ3v) is 7.05. The highest BCUT2D eigenvalue weighted by Gasteiger charge is 2.29. The smallest absolute Gasteiger partial charge is 0.277 e. The minimum Gasteiger partial charge on any atom is -0.416 e. The number of sulfone groups is 1. The summed E-state index contributed by atoms with van der Waals surface area (Å²) in [6, 6.07) is 5.65. The molecule has 1 atom stereocenters. The van der Waals surface area contributed by atoms with E-state index in [4.69, 9.17) is 4.42 Å². The molecule has 0 spiro atoms. The minimum absolute atomic E-state index is 0.00902. The summed E-state index contributed by atoms with van der Waals surface area (Å²) in [6.07, 6.45) is 1.11. The molecule has 2 heterocycles. The number of aryl methyl sites for hydroxylation is 2. The molecule has 0 radical (unpaired) electrons. The van der Waals surface area contributed by atoms with Crippen molar-refractivity contribution in [2.45, 2.75) is 31.9 Å². The van der Waals surface area contributed by atoms with Gasteiger partial charge in [-0.05, 0) is 43.4 Å². The van der Waals surface area contributed by atoms with Gasteiger partial charge in [0, 0.05) is 12.0 Å². The predicted octanol–water partition coefficient (Wildman–Crippen LogP) is 2.64. The van der Waals surface area contributed by atoms with Crippen molar-refractivity contribution in [1.82, 2.24) is 10.2 Å². The first kappa shape index (κ1) is 18.1. The number of aromatic nitrogens is 2. The van der Waals surface area contributed by atoms with Gasteiger partial charge >= 0.3 is 0 Å². The summed E-state index contributed by atoms with van der Waals surface area (Å²) in [4.78, 5) is 12.3. The van der Waals surface area contributed by atoms with Crippen molar-refractivity contribution in [3.05, 3.63) is 40.8 Å². The molecule has 0 unspecified atom stereocenters. The second-order valence-electron chi connectivity index (χ2n) is 6.45. The van der Waals surface area contributed by atoms with Crippen molar-refractivity contribution >= 4 is 27.4 Å². The summed E-state index contributed by atoms with van der Waals surface area (Å²) in [7, 11) is -2.91. The fourth-order valence-electron chi connectivity index (χ4n) is 2.78. The molecule has 1 aliphatic heterocycles. The van der Waals surface area contributed by atoms with Gasteiger partial charge in [0.1, 0.15) is 0 Å². The standard InChI is InChI=1S/C17H20N2O4S2/c1-11-3-4-14(7-12(11)2)15(20)9-24-17-19-18-16(23-17)8-13-5-6-25(21,22)10-13/h3-4,7,13H,5-6,8-10H2,1-2H3/t13-/m0/s1. The first-order chi connectivity index (χ1) is 11.8. The van der Waals surface area contributed by atoms with Crippen molar-refractivity contribution in [2.75, 3.05) is 17.3 Å². The highest BCUT2D eigenvalue weighted by Crippen LogP contribution is 2.24. The zero-order valence-electron chi connectivity index (χ0n) is 14.2. The molecule has 6 nitrogen and oxygen atoms in total. The van der Waals surface area contributed by atoms with Crippen LogP contribution in [0.1, 0.15) is 33.8 Å². The SMILES string of the molecule is Cc1ccc(C(=O)CSc2nnc(C[C@@H]3CCS(=O)(=O)C3)o2)cc1C. The number of hydrogen-bond donors (Lipinski definition) is 0. The maximum absolute atomic E-state index is 12.3. The fourth-order valence-corrected chi connectivity index (χ4v) is 5.32. The lowest BCUT2D eigenvalue weighted by molar-refractivity contribution is 0.102. The Morgan fingerprint density at radius 2 is 2.08 bits per heavy atom. The summed E-state index contributed by atoms with van der Waals surface area (Å²) >= 11 is 1.20. The minimum atomic E-state index is -2.91. The van der Waals surface area contributed by atoms with Gasteiger partial charge < -0.3 is 4.42 Å². The number of rotatable bonds is 6. The van der Waals surface area contributed by atoms with E-state index in [9.17, 15) is 13.2 Å². The number of carbonyl (C=O) groups is 1. The second-order valence-corrected chi connectivity index (χ2v) is 9.60. The van der Waals surface area contributed by atoms with Gasteiger partial charge in [0.25, 0.3) is 5.22 Å². The van der Waals surface area contributed by atoms with Crippen molar-refractivity contribution in [1.29, 1.82) is 0 Å². The third-order valence-electron chi connectivity index (χ3n) is 4.39. The second kappa shape index (κ2) is 7.29. The summed E-state index contributed by atoms with van der Waals surface area (Å²) in [5.41, 5.74) is 2.91. The highest BCUT2D eigenvalue weighted by molar-refractivity contribution is 7.99. The van der Waals surface area contributed by atoms with Crippen LogP contribution in [0.2, 0.25) is 0 Å². The van der Waals surface area contributed by atoms with Crippen molar-refractivity contribution < 1.29 is 17.6 Å². The monoisotopic (exact) mass is 380 g/mol. The highest BCUT2D eigenvalue weighted by atomic mass is 32.2. The zero-order chi connectivity index (χ0) is 18.0. The van der Waals surface area contributed by atoms with E-state index < -0.39 is 9.84 Å². The number of carbonyl (C=O) groups excluding carboxylic acids is 1. The van der Waals surface area contributed by atoms with Crippen molar-refractivity contribution in [2.24, 2.45) is 5.92 Å². The van der Waals surface area contributed by atoms with E-state index in [1.54, 1.807) is 0 Å². The normalized spacial score (nSPS) is 19.2. The first-order valence-corrected chi connectivity index (χ1v) is 10.9. The molecular weight excluding hydrogens is 360 g/mol. The lowest BCUT2D eigenvalue weighted by Crippen LogP contribution is -2.07. The van der Waals surface area contributed by atoms with Crippen LogP contribution >= 0.6 is 11.8 Å². The average Bonchev–Trinajstić information content (AvgIpc) is 3.14. The zero-order valence-corrected chi connectivity index (χ0v) is 15.8. The van der Waals surface area contributed by atoms with Gasteiger partial charge in [0.15, 0.2) is 15.6 Å². The summed E-state index contributed by atoms with van der Waals surface area (Å²) in [5.74, 6) is 1.13. The average molecular weight is 380 g/mol. The van der Waals surface area contributed by atoms with Gasteiger partial charge in [-0.25, -0.2) is 8.42 Å². The topological polar surface area (TPSA) is 90.1 Å². The molecule has 0 saturated carbocycles. The lowest BCUT2D eigenvalue weighted by Gasteiger charge is -2.03. The number of ketones is 1. The van der Waals surface area contributed by atoms with E-state index in [0.29, 0.717) is 29.5 Å². The maximum Gasteiger partial charge on any atom is 0.277 e. The largest absolute Gasteiger partial charge is 0.416 e. The van der Waals surface area contributed by atoms with E-state index in [1.807, 2.05) is 32.0 Å². The Bertz CT molecular complexity index is 890. The fraction of sp³-hybridized carbons (Fsp3) is 0.471. The molecule has 1 saturated heterocycles. The van der Waals surface area contributed by atoms with Crippen LogP contribution in [0.4, 0.5) is 0 Å². The number of thioether (sulfide) groups is 1. The molecule has 25 heavy (non-hydrogen) atoms. The van der Waals surface area contributed by atoms with Crippen LogP contribution in [0.15, 0.2) is 27.8 Å². The Labute approximate surface area is 151 Å². The van der Waals surface area contributed by atoms with Crippen LogP contribution < -0.4 is 0 Å². The van der Waals surface area contributed by atoms with Crippen LogP contribution in [-0.2, 0) is 16.3 Å². The van der Waals surface area contributed by atoms with Crippen LogP contribution in [-0.4, -0.2) is 41.7 Å². The molecular formula is C17H20N2O4S2. The van der Waals surface area contributed by atoms with Crippen molar-refractivity contribution in [3.63, 3.8) is 0 Å². The van der Waals surface area contributed by atoms with E-state index in [1.165, 1.54) is 11.8 Å². The van der Waals surface area contributed by atoms with Gasteiger partial charge in [-0.15, -0.1) is 10.2 Å². The molecule has 0 N–H and O–H groups in total. The van der Waals surface area contributed by atoms with Gasteiger partial charge in [0.05, 0.1) is 17.3 Å². The molecule has 1 aromatic carbocycles. The molecule has 0 aliphatic carbocycles. The predicted molar refractivity (Wildman–Crippen MR) is 95.7 cm³/mol. The van der Waals surface area contributed by atoms with Gasteiger partial charge in [-0.3, -0.25) is 4.79 Å². The first-order valence-electron chi connectivity index (χ1n) is 8.08. The summed E-state index contributed by atoms with van der Waals surface area (Å²) in [5, 5.41) is 8.24. The van der Waals surface area contributed by atoms with E-state index in [-0.39, 0.29) is 29.0 Å². The molecule has 0 amide bonds. The number of hydrogen-bond acceptors (Lipinski definition) is 7. The molecule has 1 aromatic heterocycles. The Hall–Kier alpha value is -1.67. The Kier molecular flexibility index (Phi) is 5.29. The lowest BCUT2D eigenvalue weighted by atomic mass is 10.0. The maximum atomic E-state index is 12.3. The van der Waals surface area contributed by atoms with E-state index in [2.05, 4.69) is 10.2 Å². The van der Waals surface area contributed by atoms with Crippen LogP contribution in [0.3, 0.4) is 0 Å². The Morgan fingerprint density at radius 3 is 2.76 bits per heavy atom. The van der Waals surface area contributed by atoms with E-state index >= 15 is 0 Å². The molecule has 134 valence electrons.